The Hall–Kier alpha value is -3.20. The van der Waals surface area contributed by atoms with Crippen molar-refractivity contribution in [1.29, 1.82) is 0 Å². The Bertz CT molecular complexity index is 868. The van der Waals surface area contributed by atoms with E-state index in [0.29, 0.717) is 10.2 Å². The fraction of sp³-hybridized carbons (Fsp3) is 0.111. The molecule has 27 heavy (non-hydrogen) atoms. The molecule has 2 aromatic rings. The summed E-state index contributed by atoms with van der Waals surface area (Å²) < 4.78 is 5.56. The third-order valence-corrected chi connectivity index (χ3v) is 4.03. The van der Waals surface area contributed by atoms with Crippen molar-refractivity contribution in [3.63, 3.8) is 0 Å². The monoisotopic (exact) mass is 433 g/mol. The van der Waals surface area contributed by atoms with E-state index in [4.69, 9.17) is 10.5 Å². The van der Waals surface area contributed by atoms with E-state index in [1.54, 1.807) is 24.3 Å². The van der Waals surface area contributed by atoms with Gasteiger partial charge in [-0.3, -0.25) is 14.4 Å². The molecule has 0 radical (unpaired) electrons. The Balaban J connectivity index is 1.75. The van der Waals surface area contributed by atoms with Gasteiger partial charge in [0.05, 0.1) is 17.8 Å². The van der Waals surface area contributed by atoms with Crippen molar-refractivity contribution in [2.24, 2.45) is 5.73 Å². The van der Waals surface area contributed by atoms with Gasteiger partial charge in [0.25, 0.3) is 5.91 Å². The molecule has 4 N–H and O–H groups in total. The molecule has 0 aliphatic rings. The molecule has 9 heteroatoms. The van der Waals surface area contributed by atoms with E-state index in [2.05, 4.69) is 26.6 Å². The molecule has 0 saturated carbocycles. The Morgan fingerprint density at radius 1 is 0.926 bits per heavy atom. The summed E-state index contributed by atoms with van der Waals surface area (Å²) in [6.07, 6.45) is 0. The highest BCUT2D eigenvalue weighted by atomic mass is 79.9. The van der Waals surface area contributed by atoms with Gasteiger partial charge in [-0.15, -0.1) is 0 Å². The maximum atomic E-state index is 11.8. The normalized spacial score (nSPS) is 9.96. The molecule has 0 aliphatic carbocycles. The number of carbonyl (C=O) groups excluding carboxylic acids is 4. The van der Waals surface area contributed by atoms with Gasteiger partial charge in [0.15, 0.2) is 6.61 Å². The minimum absolute atomic E-state index is 0.166. The van der Waals surface area contributed by atoms with E-state index < -0.39 is 30.3 Å². The summed E-state index contributed by atoms with van der Waals surface area (Å²) in [4.78, 5) is 46.4. The minimum Gasteiger partial charge on any atom is -0.452 e. The predicted octanol–water partition coefficient (Wildman–Crippen LogP) is 1.46. The van der Waals surface area contributed by atoms with Gasteiger partial charge in [-0.2, -0.15) is 0 Å². The Morgan fingerprint density at radius 3 is 2.19 bits per heavy atom. The van der Waals surface area contributed by atoms with Crippen LogP contribution in [0.2, 0.25) is 0 Å². The van der Waals surface area contributed by atoms with Crippen LogP contribution in [-0.2, 0) is 14.3 Å². The summed E-state index contributed by atoms with van der Waals surface area (Å²) in [5.41, 5.74) is 6.10. The van der Waals surface area contributed by atoms with Crippen molar-refractivity contribution < 1.29 is 23.9 Å². The number of para-hydroxylation sites is 1. The SMILES string of the molecule is NC(=O)c1ccc(C(=O)OCC(=O)NCC(=O)Nc2ccccc2Br)cc1. The molecule has 0 aliphatic heterocycles. The van der Waals surface area contributed by atoms with Gasteiger partial charge >= 0.3 is 5.97 Å². The first-order valence-electron chi connectivity index (χ1n) is 7.75. The first-order valence-corrected chi connectivity index (χ1v) is 8.54. The molecule has 0 saturated heterocycles. The van der Waals surface area contributed by atoms with Crippen LogP contribution in [0.25, 0.3) is 0 Å². The summed E-state index contributed by atoms with van der Waals surface area (Å²) in [7, 11) is 0. The van der Waals surface area contributed by atoms with Crippen molar-refractivity contribution in [2.75, 3.05) is 18.5 Å². The van der Waals surface area contributed by atoms with Crippen LogP contribution < -0.4 is 16.4 Å². The second-order valence-corrected chi connectivity index (χ2v) is 6.18. The summed E-state index contributed by atoms with van der Waals surface area (Å²) in [6, 6.07) is 12.5. The number of hydrogen-bond donors (Lipinski definition) is 3. The molecule has 2 aromatic carbocycles. The highest BCUT2D eigenvalue weighted by Crippen LogP contribution is 2.20. The average Bonchev–Trinajstić information content (AvgIpc) is 2.66. The zero-order valence-corrected chi connectivity index (χ0v) is 15.6. The van der Waals surface area contributed by atoms with Gasteiger partial charge in [0.1, 0.15) is 0 Å². The quantitative estimate of drug-likeness (QED) is 0.569. The van der Waals surface area contributed by atoms with Crippen LogP contribution in [0.3, 0.4) is 0 Å². The molecule has 0 atom stereocenters. The predicted molar refractivity (Wildman–Crippen MR) is 101 cm³/mol. The largest absolute Gasteiger partial charge is 0.452 e. The molecule has 0 fully saturated rings. The number of nitrogens with two attached hydrogens (primary N) is 1. The zero-order chi connectivity index (χ0) is 19.8. The Kier molecular flexibility index (Phi) is 7.07. The third kappa shape index (κ3) is 6.23. The minimum atomic E-state index is -0.737. The molecular formula is C18H16BrN3O5. The van der Waals surface area contributed by atoms with Crippen molar-refractivity contribution >= 4 is 45.3 Å². The highest BCUT2D eigenvalue weighted by molar-refractivity contribution is 9.10. The smallest absolute Gasteiger partial charge is 0.338 e. The molecule has 140 valence electrons. The second-order valence-electron chi connectivity index (χ2n) is 5.32. The third-order valence-electron chi connectivity index (χ3n) is 3.33. The topological polar surface area (TPSA) is 128 Å². The van der Waals surface area contributed by atoms with E-state index in [0.717, 1.165) is 0 Å². The van der Waals surface area contributed by atoms with Gasteiger partial charge in [-0.1, -0.05) is 12.1 Å². The van der Waals surface area contributed by atoms with Crippen molar-refractivity contribution in [3.8, 4) is 0 Å². The average molecular weight is 434 g/mol. The second kappa shape index (κ2) is 9.48. The zero-order valence-electron chi connectivity index (χ0n) is 14.0. The lowest BCUT2D eigenvalue weighted by Crippen LogP contribution is -2.35. The maximum absolute atomic E-state index is 11.8. The van der Waals surface area contributed by atoms with Crippen molar-refractivity contribution in [1.82, 2.24) is 5.32 Å². The number of rotatable bonds is 7. The number of primary amides is 1. The fourth-order valence-electron chi connectivity index (χ4n) is 1.97. The number of halogens is 1. The van der Waals surface area contributed by atoms with Crippen molar-refractivity contribution in [2.45, 2.75) is 0 Å². The van der Waals surface area contributed by atoms with E-state index in [1.807, 2.05) is 0 Å². The lowest BCUT2D eigenvalue weighted by atomic mass is 10.1. The summed E-state index contributed by atoms with van der Waals surface area (Å²) in [5, 5.41) is 4.97. The first kappa shape index (κ1) is 20.1. The molecule has 0 heterocycles. The molecular weight excluding hydrogens is 418 g/mol. The maximum Gasteiger partial charge on any atom is 0.338 e. The summed E-state index contributed by atoms with van der Waals surface area (Å²) in [6.45, 7) is -0.816. The number of ether oxygens (including phenoxy) is 1. The van der Waals surface area contributed by atoms with Crippen LogP contribution >= 0.6 is 15.9 Å². The molecule has 8 nitrogen and oxygen atoms in total. The summed E-state index contributed by atoms with van der Waals surface area (Å²) >= 11 is 3.29. The number of anilines is 1. The Morgan fingerprint density at radius 2 is 1.56 bits per heavy atom. The van der Waals surface area contributed by atoms with Crippen molar-refractivity contribution in [3.05, 3.63) is 64.1 Å². The van der Waals surface area contributed by atoms with Crippen LogP contribution in [0.1, 0.15) is 20.7 Å². The van der Waals surface area contributed by atoms with Crippen LogP contribution in [0.15, 0.2) is 53.0 Å². The highest BCUT2D eigenvalue weighted by Gasteiger charge is 2.12. The molecule has 0 unspecified atom stereocenters. The number of benzene rings is 2. The van der Waals surface area contributed by atoms with E-state index in [-0.39, 0.29) is 17.7 Å². The number of nitrogens with one attached hydrogen (secondary N) is 2. The number of hydrogen-bond acceptors (Lipinski definition) is 5. The molecule has 0 aromatic heterocycles. The number of esters is 1. The molecule has 0 bridgehead atoms. The lowest BCUT2D eigenvalue weighted by Gasteiger charge is -2.09. The first-order chi connectivity index (χ1) is 12.9. The van der Waals surface area contributed by atoms with Gasteiger partial charge < -0.3 is 21.1 Å². The summed E-state index contributed by atoms with van der Waals surface area (Å²) in [5.74, 6) is -2.41. The van der Waals surface area contributed by atoms with Crippen LogP contribution in [0.5, 0.6) is 0 Å². The van der Waals surface area contributed by atoms with Gasteiger partial charge in [-0.05, 0) is 52.3 Å². The Labute approximate surface area is 163 Å². The van der Waals surface area contributed by atoms with Crippen LogP contribution in [-0.4, -0.2) is 36.8 Å². The van der Waals surface area contributed by atoms with Gasteiger partial charge in [0, 0.05) is 10.0 Å². The van der Waals surface area contributed by atoms with Gasteiger partial charge in [0.2, 0.25) is 11.8 Å². The molecule has 2 rings (SSSR count). The van der Waals surface area contributed by atoms with E-state index in [1.165, 1.54) is 24.3 Å². The number of carbonyl (C=O) groups is 4. The lowest BCUT2D eigenvalue weighted by molar-refractivity contribution is -0.126. The molecule has 3 amide bonds. The van der Waals surface area contributed by atoms with Gasteiger partial charge in [-0.25, -0.2) is 4.79 Å². The molecule has 0 spiro atoms. The standard InChI is InChI=1S/C18H16BrN3O5/c19-13-3-1-2-4-14(13)22-15(23)9-21-16(24)10-27-18(26)12-7-5-11(6-8-12)17(20)25/h1-8H,9-10H2,(H2,20,25)(H,21,24)(H,22,23). The van der Waals surface area contributed by atoms with Crippen LogP contribution in [0.4, 0.5) is 5.69 Å². The van der Waals surface area contributed by atoms with E-state index >= 15 is 0 Å². The fourth-order valence-corrected chi connectivity index (χ4v) is 2.36. The van der Waals surface area contributed by atoms with E-state index in [9.17, 15) is 19.2 Å². The number of amides is 3. The van der Waals surface area contributed by atoms with Crippen LogP contribution in [0, 0.1) is 0 Å².